The van der Waals surface area contributed by atoms with Gasteiger partial charge in [0, 0.05) is 24.7 Å². The van der Waals surface area contributed by atoms with Crippen molar-refractivity contribution in [3.8, 4) is 11.5 Å². The molecule has 0 bridgehead atoms. The van der Waals surface area contributed by atoms with Crippen molar-refractivity contribution < 1.29 is 13.9 Å². The Bertz CT molecular complexity index is 1460. The summed E-state index contributed by atoms with van der Waals surface area (Å²) in [6.45, 7) is 0.748. The van der Waals surface area contributed by atoms with Crippen LogP contribution in [0.5, 0.6) is 0 Å². The van der Waals surface area contributed by atoms with Crippen LogP contribution >= 0.6 is 0 Å². The van der Waals surface area contributed by atoms with Crippen molar-refractivity contribution >= 4 is 22.6 Å². The quantitative estimate of drug-likeness (QED) is 0.398. The molecule has 3 aromatic heterocycles. The van der Waals surface area contributed by atoms with Gasteiger partial charge in [0.1, 0.15) is 23.3 Å². The lowest BCUT2D eigenvalue weighted by Crippen LogP contribution is -2.15. The average Bonchev–Trinajstić information content (AvgIpc) is 3.65. The third-order valence-electron chi connectivity index (χ3n) is 5.90. The van der Waals surface area contributed by atoms with Crippen molar-refractivity contribution in [3.63, 3.8) is 0 Å². The normalized spacial score (nSPS) is 15.7. The van der Waals surface area contributed by atoms with E-state index < -0.39 is 0 Å². The first kappa shape index (κ1) is 20.4. The lowest BCUT2D eigenvalue weighted by Gasteiger charge is -2.11. The number of aromatic nitrogens is 5. The number of hydrogen-bond donors (Lipinski definition) is 2. The summed E-state index contributed by atoms with van der Waals surface area (Å²) >= 11 is 0. The molecule has 9 heteroatoms. The van der Waals surface area contributed by atoms with Crippen LogP contribution in [0.1, 0.15) is 35.1 Å². The molecule has 0 saturated carbocycles. The van der Waals surface area contributed by atoms with Gasteiger partial charge in [-0.1, -0.05) is 0 Å². The van der Waals surface area contributed by atoms with E-state index in [0.29, 0.717) is 22.8 Å². The van der Waals surface area contributed by atoms with Crippen molar-refractivity contribution in [2.45, 2.75) is 18.9 Å². The largest absolute Gasteiger partial charge is 0.370 e. The van der Waals surface area contributed by atoms with Gasteiger partial charge in [0.05, 0.1) is 22.9 Å². The summed E-state index contributed by atoms with van der Waals surface area (Å²) in [5, 5.41) is 7.38. The van der Waals surface area contributed by atoms with Crippen LogP contribution in [-0.4, -0.2) is 36.8 Å². The molecule has 6 rings (SSSR count). The average molecular weight is 456 g/mol. The molecule has 1 saturated heterocycles. The van der Waals surface area contributed by atoms with Crippen LogP contribution in [0.3, 0.4) is 0 Å². The van der Waals surface area contributed by atoms with Gasteiger partial charge in [0.25, 0.3) is 5.91 Å². The molecular weight excluding hydrogens is 435 g/mol. The van der Waals surface area contributed by atoms with E-state index >= 15 is 0 Å². The molecule has 5 aromatic rings. The van der Waals surface area contributed by atoms with Crippen LogP contribution in [0.25, 0.3) is 22.5 Å². The molecule has 1 unspecified atom stereocenters. The molecule has 1 atom stereocenters. The number of carbonyl (C=O) groups excluding carboxylic acids is 1. The lowest BCUT2D eigenvalue weighted by atomic mass is 10.2. The smallest absolute Gasteiger partial charge is 0.261 e. The number of benzene rings is 2. The Morgan fingerprint density at radius 2 is 1.97 bits per heavy atom. The van der Waals surface area contributed by atoms with Gasteiger partial charge in [-0.05, 0) is 67.4 Å². The van der Waals surface area contributed by atoms with Gasteiger partial charge in [0.2, 0.25) is 0 Å². The molecule has 34 heavy (non-hydrogen) atoms. The summed E-state index contributed by atoms with van der Waals surface area (Å²) < 4.78 is 22.6. The standard InChI is InChI=1S/C25H21FN6O2/c26-16-5-8-18(9-6-16)32-25(31-11-1-2-12-31)19(15-27-32)24(33)28-17-7-10-20-21(14-17)30-23(29-20)22-4-3-13-34-22/h1-2,5-12,14-15,22H,3-4,13H2,(H,28,33)(H,29,30). The van der Waals surface area contributed by atoms with E-state index in [-0.39, 0.29) is 17.8 Å². The maximum absolute atomic E-state index is 13.4. The van der Waals surface area contributed by atoms with E-state index in [0.717, 1.165) is 36.3 Å². The fourth-order valence-electron chi connectivity index (χ4n) is 4.25. The molecule has 4 heterocycles. The zero-order chi connectivity index (χ0) is 23.1. The third kappa shape index (κ3) is 3.65. The van der Waals surface area contributed by atoms with Crippen molar-refractivity contribution in [1.82, 2.24) is 24.3 Å². The zero-order valence-corrected chi connectivity index (χ0v) is 18.1. The summed E-state index contributed by atoms with van der Waals surface area (Å²) in [4.78, 5) is 21.2. The molecule has 2 N–H and O–H groups in total. The number of H-pyrrole nitrogens is 1. The second-order valence-corrected chi connectivity index (χ2v) is 8.17. The van der Waals surface area contributed by atoms with E-state index in [4.69, 9.17) is 4.74 Å². The molecule has 1 aliphatic heterocycles. The first-order valence-electron chi connectivity index (χ1n) is 11.1. The molecule has 0 radical (unpaired) electrons. The first-order chi connectivity index (χ1) is 16.7. The van der Waals surface area contributed by atoms with Gasteiger partial charge in [0.15, 0.2) is 5.82 Å². The third-order valence-corrected chi connectivity index (χ3v) is 5.90. The molecule has 170 valence electrons. The number of amides is 1. The number of aromatic amines is 1. The Kier molecular flexibility index (Phi) is 4.96. The number of halogens is 1. The van der Waals surface area contributed by atoms with Gasteiger partial charge in [-0.3, -0.25) is 4.79 Å². The summed E-state index contributed by atoms with van der Waals surface area (Å²) in [5.74, 6) is 0.715. The Labute approximate surface area is 194 Å². The van der Waals surface area contributed by atoms with Crippen molar-refractivity contribution in [2.75, 3.05) is 11.9 Å². The van der Waals surface area contributed by atoms with E-state index in [2.05, 4.69) is 20.4 Å². The number of carbonyl (C=O) groups is 1. The molecule has 1 amide bonds. The fraction of sp³-hybridized carbons (Fsp3) is 0.160. The second kappa shape index (κ2) is 8.27. The summed E-state index contributed by atoms with van der Waals surface area (Å²) in [5.41, 5.74) is 3.31. The highest BCUT2D eigenvalue weighted by molar-refractivity contribution is 6.07. The SMILES string of the molecule is O=C(Nc1ccc2nc(C3CCCO3)[nH]c2c1)c1cnn(-c2ccc(F)cc2)c1-n1cccc1. The molecule has 0 aliphatic carbocycles. The van der Waals surface area contributed by atoms with E-state index in [1.165, 1.54) is 18.3 Å². The van der Waals surface area contributed by atoms with Crippen LogP contribution in [0, 0.1) is 5.82 Å². The predicted molar refractivity (Wildman–Crippen MR) is 125 cm³/mol. The number of rotatable bonds is 5. The number of hydrogen-bond acceptors (Lipinski definition) is 4. The second-order valence-electron chi connectivity index (χ2n) is 8.17. The highest BCUT2D eigenvalue weighted by atomic mass is 19.1. The van der Waals surface area contributed by atoms with Crippen LogP contribution in [-0.2, 0) is 4.74 Å². The van der Waals surface area contributed by atoms with Crippen molar-refractivity contribution in [2.24, 2.45) is 0 Å². The Morgan fingerprint density at radius 3 is 2.74 bits per heavy atom. The van der Waals surface area contributed by atoms with E-state index in [1.54, 1.807) is 21.4 Å². The Morgan fingerprint density at radius 1 is 1.15 bits per heavy atom. The minimum atomic E-state index is -0.340. The predicted octanol–water partition coefficient (Wildman–Crippen LogP) is 4.78. The monoisotopic (exact) mass is 456 g/mol. The lowest BCUT2D eigenvalue weighted by molar-refractivity contribution is 0.102. The van der Waals surface area contributed by atoms with Gasteiger partial charge >= 0.3 is 0 Å². The number of nitrogens with one attached hydrogen (secondary N) is 2. The minimum absolute atomic E-state index is 0.00753. The van der Waals surface area contributed by atoms with Crippen molar-refractivity contribution in [1.29, 1.82) is 0 Å². The van der Waals surface area contributed by atoms with Crippen LogP contribution in [0.4, 0.5) is 10.1 Å². The molecule has 2 aromatic carbocycles. The van der Waals surface area contributed by atoms with Crippen LogP contribution < -0.4 is 5.32 Å². The van der Waals surface area contributed by atoms with Gasteiger partial charge in [-0.25, -0.2) is 14.1 Å². The maximum Gasteiger partial charge on any atom is 0.261 e. The van der Waals surface area contributed by atoms with Gasteiger partial charge in [-0.2, -0.15) is 5.10 Å². The molecule has 8 nitrogen and oxygen atoms in total. The highest BCUT2D eigenvalue weighted by Crippen LogP contribution is 2.29. The number of fused-ring (bicyclic) bond motifs is 1. The van der Waals surface area contributed by atoms with E-state index in [1.807, 2.05) is 42.7 Å². The number of ether oxygens (including phenoxy) is 1. The summed E-state index contributed by atoms with van der Waals surface area (Å²) in [7, 11) is 0. The van der Waals surface area contributed by atoms with E-state index in [9.17, 15) is 9.18 Å². The van der Waals surface area contributed by atoms with Crippen LogP contribution in [0.2, 0.25) is 0 Å². The molecular formula is C25H21FN6O2. The minimum Gasteiger partial charge on any atom is -0.370 e. The Hall–Kier alpha value is -4.24. The highest BCUT2D eigenvalue weighted by Gasteiger charge is 2.22. The van der Waals surface area contributed by atoms with Crippen LogP contribution in [0.15, 0.2) is 73.2 Å². The molecule has 1 aliphatic rings. The topological polar surface area (TPSA) is 89.8 Å². The molecule has 1 fully saturated rings. The number of imidazole rings is 1. The zero-order valence-electron chi connectivity index (χ0n) is 18.1. The van der Waals surface area contributed by atoms with Gasteiger partial charge in [-0.15, -0.1) is 0 Å². The summed E-state index contributed by atoms with van der Waals surface area (Å²) in [6, 6.07) is 15.2. The fourth-order valence-corrected chi connectivity index (χ4v) is 4.25. The van der Waals surface area contributed by atoms with Crippen molar-refractivity contribution in [3.05, 3.63) is 90.4 Å². The first-order valence-corrected chi connectivity index (χ1v) is 11.1. The maximum atomic E-state index is 13.4. The Balaban J connectivity index is 1.32. The molecule has 0 spiro atoms. The number of anilines is 1. The summed E-state index contributed by atoms with van der Waals surface area (Å²) in [6.07, 6.45) is 7.14. The van der Waals surface area contributed by atoms with Gasteiger partial charge < -0.3 is 19.6 Å². The number of nitrogens with zero attached hydrogens (tertiary/aromatic N) is 4.